The van der Waals surface area contributed by atoms with Crippen LogP contribution in [0, 0.1) is 3.57 Å². The van der Waals surface area contributed by atoms with Crippen LogP contribution >= 0.6 is 22.6 Å². The summed E-state index contributed by atoms with van der Waals surface area (Å²) in [4.78, 5) is 3.93. The third-order valence-electron chi connectivity index (χ3n) is 3.13. The second-order valence-electron chi connectivity index (χ2n) is 5.20. The maximum absolute atomic E-state index is 12.5. The Morgan fingerprint density at radius 2 is 1.88 bits per heavy atom. The lowest BCUT2D eigenvalue weighted by molar-refractivity contribution is -0.275. The Morgan fingerprint density at radius 3 is 2.44 bits per heavy atom. The lowest BCUT2D eigenvalue weighted by Gasteiger charge is -2.20. The molecule has 136 valence electrons. The van der Waals surface area contributed by atoms with Gasteiger partial charge in [-0.2, -0.15) is 4.31 Å². The van der Waals surface area contributed by atoms with Gasteiger partial charge in [0.05, 0.1) is 9.83 Å². The van der Waals surface area contributed by atoms with Crippen LogP contribution in [-0.2, 0) is 23.1 Å². The van der Waals surface area contributed by atoms with Crippen molar-refractivity contribution in [2.45, 2.75) is 19.5 Å². The fourth-order valence-electron chi connectivity index (χ4n) is 2.04. The predicted octanol–water partition coefficient (Wildman–Crippen LogP) is 3.55. The molecule has 5 nitrogen and oxygen atoms in total. The number of ether oxygens (including phenoxy) is 1. The van der Waals surface area contributed by atoms with Crippen LogP contribution < -0.4 is 4.74 Å². The van der Waals surface area contributed by atoms with Gasteiger partial charge in [-0.1, -0.05) is 12.1 Å². The standard InChI is InChI=1S/C15H14F3IN2O3S/c1-25(22,23)21(10-12-3-2-6-20-8-12)9-11-4-5-13(19)14(7-11)24-15(16,17)18/h2-8H,9-10H2,1H3. The zero-order valence-electron chi connectivity index (χ0n) is 13.0. The van der Waals surface area contributed by atoms with Gasteiger partial charge in [-0.25, -0.2) is 8.42 Å². The summed E-state index contributed by atoms with van der Waals surface area (Å²) < 4.78 is 66.8. The van der Waals surface area contributed by atoms with Crippen LogP contribution in [-0.4, -0.2) is 30.3 Å². The van der Waals surface area contributed by atoms with Gasteiger partial charge in [0.1, 0.15) is 5.75 Å². The highest BCUT2D eigenvalue weighted by molar-refractivity contribution is 14.1. The molecule has 0 N–H and O–H groups in total. The second-order valence-corrected chi connectivity index (χ2v) is 8.35. The summed E-state index contributed by atoms with van der Waals surface area (Å²) in [5.41, 5.74) is 1.05. The molecule has 0 aliphatic heterocycles. The molecule has 2 rings (SSSR count). The molecule has 0 saturated heterocycles. The molecule has 0 atom stereocenters. The summed E-state index contributed by atoms with van der Waals surface area (Å²) in [7, 11) is -3.58. The average molecular weight is 486 g/mol. The fraction of sp³-hybridized carbons (Fsp3) is 0.267. The van der Waals surface area contributed by atoms with E-state index in [1.54, 1.807) is 47.0 Å². The van der Waals surface area contributed by atoms with Gasteiger partial charge in [-0.3, -0.25) is 4.98 Å². The van der Waals surface area contributed by atoms with Crippen molar-refractivity contribution in [3.05, 3.63) is 57.4 Å². The molecule has 1 heterocycles. The Bertz CT molecular complexity index is 830. The first kappa shape index (κ1) is 19.9. The molecule has 1 aromatic carbocycles. The third kappa shape index (κ3) is 6.44. The molecule has 0 fully saturated rings. The average Bonchev–Trinajstić information content (AvgIpc) is 2.48. The SMILES string of the molecule is CS(=O)(=O)N(Cc1cccnc1)Cc1ccc(I)c(OC(F)(F)F)c1. The molecule has 0 unspecified atom stereocenters. The van der Waals surface area contributed by atoms with Gasteiger partial charge >= 0.3 is 6.36 Å². The molecule has 25 heavy (non-hydrogen) atoms. The zero-order valence-corrected chi connectivity index (χ0v) is 16.0. The minimum atomic E-state index is -4.81. The van der Waals surface area contributed by atoms with Gasteiger partial charge in [-0.05, 0) is 51.9 Å². The van der Waals surface area contributed by atoms with Crippen molar-refractivity contribution in [1.29, 1.82) is 0 Å². The monoisotopic (exact) mass is 486 g/mol. The lowest BCUT2D eigenvalue weighted by atomic mass is 10.2. The number of aromatic nitrogens is 1. The number of nitrogens with zero attached hydrogens (tertiary/aromatic N) is 2. The molecule has 0 saturated carbocycles. The molecule has 0 radical (unpaired) electrons. The Morgan fingerprint density at radius 1 is 1.20 bits per heavy atom. The van der Waals surface area contributed by atoms with Crippen molar-refractivity contribution in [1.82, 2.24) is 9.29 Å². The highest BCUT2D eigenvalue weighted by Crippen LogP contribution is 2.29. The normalized spacial score (nSPS) is 12.4. The molecule has 0 aliphatic carbocycles. The van der Waals surface area contributed by atoms with Gasteiger partial charge in [0.15, 0.2) is 0 Å². The molecule has 0 amide bonds. The first-order valence-electron chi connectivity index (χ1n) is 6.93. The van der Waals surface area contributed by atoms with Gasteiger partial charge in [0.2, 0.25) is 10.0 Å². The summed E-state index contributed by atoms with van der Waals surface area (Å²) in [6, 6.07) is 7.60. The van der Waals surface area contributed by atoms with E-state index < -0.39 is 16.4 Å². The zero-order chi connectivity index (χ0) is 18.7. The summed E-state index contributed by atoms with van der Waals surface area (Å²) in [5, 5.41) is 0. The van der Waals surface area contributed by atoms with Crippen LogP contribution in [0.4, 0.5) is 13.2 Å². The molecular formula is C15H14F3IN2O3S. The van der Waals surface area contributed by atoms with Crippen molar-refractivity contribution in [3.8, 4) is 5.75 Å². The maximum Gasteiger partial charge on any atom is 0.573 e. The third-order valence-corrected chi connectivity index (χ3v) is 5.22. The van der Waals surface area contributed by atoms with Crippen LogP contribution in [0.1, 0.15) is 11.1 Å². The molecular weight excluding hydrogens is 472 g/mol. The van der Waals surface area contributed by atoms with E-state index >= 15 is 0 Å². The molecule has 10 heteroatoms. The first-order valence-corrected chi connectivity index (χ1v) is 9.85. The number of benzene rings is 1. The number of rotatable bonds is 6. The number of halogens is 4. The van der Waals surface area contributed by atoms with Crippen molar-refractivity contribution >= 4 is 32.6 Å². The molecule has 0 aliphatic rings. The number of alkyl halides is 3. The number of sulfonamides is 1. The molecule has 0 spiro atoms. The van der Waals surface area contributed by atoms with Gasteiger partial charge in [-0.15, -0.1) is 13.2 Å². The van der Waals surface area contributed by atoms with Crippen LogP contribution in [0.3, 0.4) is 0 Å². The second kappa shape index (κ2) is 7.87. The lowest BCUT2D eigenvalue weighted by Crippen LogP contribution is -2.29. The minimum Gasteiger partial charge on any atom is -0.405 e. The van der Waals surface area contributed by atoms with Crippen LogP contribution in [0.25, 0.3) is 0 Å². The largest absolute Gasteiger partial charge is 0.573 e. The highest BCUT2D eigenvalue weighted by atomic mass is 127. The van der Waals surface area contributed by atoms with E-state index in [2.05, 4.69) is 9.72 Å². The van der Waals surface area contributed by atoms with Crippen molar-refractivity contribution in [2.24, 2.45) is 0 Å². The van der Waals surface area contributed by atoms with E-state index in [9.17, 15) is 21.6 Å². The number of hydrogen-bond acceptors (Lipinski definition) is 4. The van der Waals surface area contributed by atoms with Crippen LogP contribution in [0.2, 0.25) is 0 Å². The highest BCUT2D eigenvalue weighted by Gasteiger charge is 2.32. The fourth-order valence-corrected chi connectivity index (χ4v) is 3.25. The van der Waals surface area contributed by atoms with Gasteiger partial charge in [0.25, 0.3) is 0 Å². The van der Waals surface area contributed by atoms with Crippen molar-refractivity contribution in [3.63, 3.8) is 0 Å². The van der Waals surface area contributed by atoms with E-state index in [1.807, 2.05) is 0 Å². The van der Waals surface area contributed by atoms with E-state index in [1.165, 1.54) is 18.3 Å². The van der Waals surface area contributed by atoms with Crippen molar-refractivity contribution < 1.29 is 26.3 Å². The Kier molecular flexibility index (Phi) is 6.27. The minimum absolute atomic E-state index is 0.0636. The smallest absolute Gasteiger partial charge is 0.405 e. The Balaban J connectivity index is 2.26. The predicted molar refractivity (Wildman–Crippen MR) is 94.2 cm³/mol. The molecule has 1 aromatic heterocycles. The quantitative estimate of drug-likeness (QED) is 0.587. The van der Waals surface area contributed by atoms with E-state index in [4.69, 9.17) is 0 Å². The maximum atomic E-state index is 12.5. The summed E-state index contributed by atoms with van der Waals surface area (Å²) in [5.74, 6) is -0.361. The van der Waals surface area contributed by atoms with E-state index in [-0.39, 0.29) is 22.4 Å². The van der Waals surface area contributed by atoms with Gasteiger partial charge < -0.3 is 4.74 Å². The van der Waals surface area contributed by atoms with E-state index in [0.717, 1.165) is 10.6 Å². The summed E-state index contributed by atoms with van der Waals surface area (Å²) in [6.07, 6.45) is -0.674. The number of hydrogen-bond donors (Lipinski definition) is 0. The topological polar surface area (TPSA) is 59.5 Å². The summed E-state index contributed by atoms with van der Waals surface area (Å²) in [6.45, 7) is -0.0208. The van der Waals surface area contributed by atoms with Gasteiger partial charge in [0, 0.05) is 25.5 Å². The molecule has 0 bridgehead atoms. The number of pyridine rings is 1. The van der Waals surface area contributed by atoms with Crippen LogP contribution in [0.5, 0.6) is 5.75 Å². The Hall–Kier alpha value is -1.40. The first-order chi connectivity index (χ1) is 11.5. The summed E-state index contributed by atoms with van der Waals surface area (Å²) >= 11 is 1.72. The Labute approximate surface area is 157 Å². The van der Waals surface area contributed by atoms with E-state index in [0.29, 0.717) is 11.1 Å². The van der Waals surface area contributed by atoms with Crippen molar-refractivity contribution in [2.75, 3.05) is 6.26 Å². The molecule has 2 aromatic rings. The van der Waals surface area contributed by atoms with Crippen LogP contribution in [0.15, 0.2) is 42.7 Å².